The van der Waals surface area contributed by atoms with Crippen molar-refractivity contribution in [2.45, 2.75) is 13.0 Å². The highest BCUT2D eigenvalue weighted by Crippen LogP contribution is 2.25. The van der Waals surface area contributed by atoms with Gasteiger partial charge >= 0.3 is 0 Å². The number of benzene rings is 1. The first-order valence-electron chi connectivity index (χ1n) is 6.91. The predicted molar refractivity (Wildman–Crippen MR) is 87.6 cm³/mol. The van der Waals surface area contributed by atoms with Gasteiger partial charge in [-0.05, 0) is 36.8 Å². The fourth-order valence-electron chi connectivity index (χ4n) is 2.03. The molecule has 0 saturated heterocycles. The van der Waals surface area contributed by atoms with Gasteiger partial charge in [0.25, 0.3) is 5.91 Å². The standard InChI is InChI=1S/C14H15BF2N2O4S/c1-7(18-14(20)11-3-4-12(15)23-11)8-5-9(16)13(10(17)6-8)19-24(2,21)22/h3-7,19H,15H2,1-2H3,(H,18,20)/t7-/m1/s1. The van der Waals surface area contributed by atoms with E-state index in [1.165, 1.54) is 13.0 Å². The van der Waals surface area contributed by atoms with Crippen LogP contribution in [0.1, 0.15) is 29.1 Å². The summed E-state index contributed by atoms with van der Waals surface area (Å²) in [4.78, 5) is 12.0. The summed E-state index contributed by atoms with van der Waals surface area (Å²) in [6, 6.07) is 4.28. The number of carbonyl (C=O) groups excluding carboxylic acids is 1. The van der Waals surface area contributed by atoms with Gasteiger partial charge < -0.3 is 9.73 Å². The number of hydrogen-bond donors (Lipinski definition) is 2. The van der Waals surface area contributed by atoms with E-state index in [1.54, 1.807) is 18.6 Å². The van der Waals surface area contributed by atoms with Crippen molar-refractivity contribution in [2.24, 2.45) is 0 Å². The maximum atomic E-state index is 14.0. The van der Waals surface area contributed by atoms with Crippen molar-refractivity contribution in [1.82, 2.24) is 5.32 Å². The zero-order valence-electron chi connectivity index (χ0n) is 13.2. The van der Waals surface area contributed by atoms with E-state index in [2.05, 4.69) is 5.32 Å². The molecule has 2 rings (SSSR count). The van der Waals surface area contributed by atoms with Gasteiger partial charge in [-0.15, -0.1) is 0 Å². The summed E-state index contributed by atoms with van der Waals surface area (Å²) >= 11 is 0. The Morgan fingerprint density at radius 3 is 2.29 bits per heavy atom. The lowest BCUT2D eigenvalue weighted by molar-refractivity contribution is 0.0913. The predicted octanol–water partition coefficient (Wildman–Crippen LogP) is 0.679. The number of furan rings is 1. The first-order chi connectivity index (χ1) is 11.1. The Balaban J connectivity index is 2.21. The van der Waals surface area contributed by atoms with E-state index < -0.39 is 39.3 Å². The van der Waals surface area contributed by atoms with E-state index in [4.69, 9.17) is 4.42 Å². The first kappa shape index (κ1) is 18.0. The topological polar surface area (TPSA) is 88.4 Å². The second kappa shape index (κ2) is 6.64. The molecule has 10 heteroatoms. The maximum absolute atomic E-state index is 14.0. The molecule has 0 bridgehead atoms. The van der Waals surface area contributed by atoms with Crippen molar-refractivity contribution in [3.63, 3.8) is 0 Å². The van der Waals surface area contributed by atoms with Crippen LogP contribution in [0.25, 0.3) is 0 Å². The van der Waals surface area contributed by atoms with Crippen LogP contribution >= 0.6 is 0 Å². The smallest absolute Gasteiger partial charge is 0.287 e. The van der Waals surface area contributed by atoms with Crippen molar-refractivity contribution in [1.29, 1.82) is 0 Å². The number of carbonyl (C=O) groups is 1. The molecule has 128 valence electrons. The molecule has 0 unspecified atom stereocenters. The number of rotatable bonds is 5. The van der Waals surface area contributed by atoms with Crippen LogP contribution < -0.4 is 15.7 Å². The Bertz CT molecular complexity index is 860. The van der Waals surface area contributed by atoms with E-state index in [9.17, 15) is 22.0 Å². The van der Waals surface area contributed by atoms with Crippen LogP contribution in [0, 0.1) is 11.6 Å². The molecule has 0 aliphatic heterocycles. The van der Waals surface area contributed by atoms with Crippen molar-refractivity contribution < 1.29 is 26.4 Å². The summed E-state index contributed by atoms with van der Waals surface area (Å²) in [7, 11) is -2.14. The summed E-state index contributed by atoms with van der Waals surface area (Å²) in [5, 5.41) is 2.54. The maximum Gasteiger partial charge on any atom is 0.287 e. The molecule has 0 aliphatic rings. The van der Waals surface area contributed by atoms with Crippen LogP contribution in [0.15, 0.2) is 28.7 Å². The zero-order chi connectivity index (χ0) is 18.1. The molecule has 1 aromatic carbocycles. The second-order valence-corrected chi connectivity index (χ2v) is 7.09. The molecule has 2 N–H and O–H groups in total. The fraction of sp³-hybridized carbons (Fsp3) is 0.214. The first-order valence-corrected chi connectivity index (χ1v) is 8.80. The van der Waals surface area contributed by atoms with Crippen molar-refractivity contribution >= 4 is 35.1 Å². The van der Waals surface area contributed by atoms with Crippen LogP contribution in [0.4, 0.5) is 14.5 Å². The highest BCUT2D eigenvalue weighted by atomic mass is 32.2. The van der Waals surface area contributed by atoms with Gasteiger partial charge in [-0.3, -0.25) is 9.52 Å². The zero-order valence-corrected chi connectivity index (χ0v) is 14.0. The minimum Gasteiger partial charge on any atom is -0.467 e. The molecular weight excluding hydrogens is 341 g/mol. The average Bonchev–Trinajstić information content (AvgIpc) is 2.88. The third-order valence-electron chi connectivity index (χ3n) is 3.16. The van der Waals surface area contributed by atoms with E-state index in [0.717, 1.165) is 18.4 Å². The molecule has 0 fully saturated rings. The molecule has 24 heavy (non-hydrogen) atoms. The molecule has 0 saturated carbocycles. The number of hydrogen-bond acceptors (Lipinski definition) is 4. The molecule has 0 aliphatic carbocycles. The average molecular weight is 356 g/mol. The van der Waals surface area contributed by atoms with Gasteiger partial charge in [0.2, 0.25) is 10.0 Å². The van der Waals surface area contributed by atoms with Gasteiger partial charge in [0.1, 0.15) is 5.69 Å². The summed E-state index contributed by atoms with van der Waals surface area (Å²) < 4.78 is 57.1. The van der Waals surface area contributed by atoms with Gasteiger partial charge in [0.15, 0.2) is 25.2 Å². The van der Waals surface area contributed by atoms with E-state index >= 15 is 0 Å². The highest BCUT2D eigenvalue weighted by molar-refractivity contribution is 7.92. The Morgan fingerprint density at radius 2 is 1.83 bits per heavy atom. The Hall–Kier alpha value is -2.36. The van der Waals surface area contributed by atoms with E-state index in [-0.39, 0.29) is 11.3 Å². The number of amides is 1. The second-order valence-electron chi connectivity index (χ2n) is 5.34. The summed E-state index contributed by atoms with van der Waals surface area (Å²) in [6.07, 6.45) is 0.786. The van der Waals surface area contributed by atoms with Gasteiger partial charge in [0, 0.05) is 0 Å². The summed E-state index contributed by atoms with van der Waals surface area (Å²) in [6.45, 7) is 1.53. The Labute approximate surface area is 138 Å². The monoisotopic (exact) mass is 356 g/mol. The molecule has 1 heterocycles. The number of sulfonamides is 1. The Morgan fingerprint density at radius 1 is 1.25 bits per heavy atom. The van der Waals surface area contributed by atoms with E-state index in [0.29, 0.717) is 5.66 Å². The van der Waals surface area contributed by atoms with Crippen molar-refractivity contribution in [3.8, 4) is 0 Å². The summed E-state index contributed by atoms with van der Waals surface area (Å²) in [5.41, 5.74) is -0.0665. The fourth-order valence-corrected chi connectivity index (χ4v) is 2.60. The molecule has 1 atom stereocenters. The van der Waals surface area contributed by atoms with Crippen LogP contribution in [0.2, 0.25) is 0 Å². The minimum atomic E-state index is -3.82. The summed E-state index contributed by atoms with van der Waals surface area (Å²) in [5.74, 6) is -2.61. The largest absolute Gasteiger partial charge is 0.467 e. The lowest BCUT2D eigenvalue weighted by Crippen LogP contribution is -2.26. The van der Waals surface area contributed by atoms with Gasteiger partial charge in [-0.1, -0.05) is 0 Å². The number of halogens is 2. The van der Waals surface area contributed by atoms with Crippen LogP contribution in [-0.2, 0) is 10.0 Å². The molecule has 0 spiro atoms. The number of nitrogens with one attached hydrogen (secondary N) is 2. The Kier molecular flexibility index (Phi) is 4.98. The molecule has 1 aromatic heterocycles. The van der Waals surface area contributed by atoms with E-state index in [1.807, 2.05) is 0 Å². The van der Waals surface area contributed by atoms with Crippen LogP contribution in [0.3, 0.4) is 0 Å². The van der Waals surface area contributed by atoms with Crippen molar-refractivity contribution in [3.05, 3.63) is 47.2 Å². The van der Waals surface area contributed by atoms with Crippen LogP contribution in [-0.4, -0.2) is 28.4 Å². The van der Waals surface area contributed by atoms with Crippen molar-refractivity contribution in [2.75, 3.05) is 11.0 Å². The van der Waals surface area contributed by atoms with Gasteiger partial charge in [-0.2, -0.15) is 0 Å². The lowest BCUT2D eigenvalue weighted by Gasteiger charge is -2.15. The SMILES string of the molecule is Bc1ccc(C(=O)N[C@H](C)c2cc(F)c(NS(C)(=O)=O)c(F)c2)o1. The lowest BCUT2D eigenvalue weighted by atomic mass is 10.1. The molecule has 6 nitrogen and oxygen atoms in total. The van der Waals surface area contributed by atoms with Crippen LogP contribution in [0.5, 0.6) is 0 Å². The normalized spacial score (nSPS) is 12.7. The number of anilines is 1. The van der Waals surface area contributed by atoms with Gasteiger partial charge in [0.05, 0.1) is 18.0 Å². The van der Waals surface area contributed by atoms with Gasteiger partial charge in [-0.25, -0.2) is 17.2 Å². The third-order valence-corrected chi connectivity index (χ3v) is 3.74. The molecule has 1 amide bonds. The molecule has 2 aromatic rings. The highest BCUT2D eigenvalue weighted by Gasteiger charge is 2.19. The quantitative estimate of drug-likeness (QED) is 0.772. The third kappa shape index (κ3) is 4.35. The molecular formula is C14H15BF2N2O4S. The minimum absolute atomic E-state index is 0.0793. The molecule has 0 radical (unpaired) electrons.